The molecular weight excluding hydrogens is 452 g/mol. The molecule has 182 valence electrons. The summed E-state index contributed by atoms with van der Waals surface area (Å²) in [5, 5.41) is 5.54. The van der Waals surface area contributed by atoms with Crippen LogP contribution in [0.4, 0.5) is 17.1 Å². The van der Waals surface area contributed by atoms with Gasteiger partial charge in [0, 0.05) is 42.6 Å². The maximum absolute atomic E-state index is 12.5. The van der Waals surface area contributed by atoms with Crippen LogP contribution in [0.15, 0.2) is 48.5 Å². The molecule has 2 aliphatic rings. The van der Waals surface area contributed by atoms with Crippen LogP contribution in [-0.4, -0.2) is 39.1 Å². The Morgan fingerprint density at radius 2 is 1.65 bits per heavy atom. The Hall–Kier alpha value is -3.07. The Kier molecular flexibility index (Phi) is 7.72. The molecule has 2 aromatic rings. The number of anilines is 3. The first-order valence-electron chi connectivity index (χ1n) is 11.9. The Labute approximate surface area is 201 Å². The molecule has 0 unspecified atom stereocenters. The molecule has 2 fully saturated rings. The maximum atomic E-state index is 12.5. The number of amides is 2. The number of benzene rings is 2. The molecule has 0 radical (unpaired) electrons. The Balaban J connectivity index is 1.25. The molecule has 34 heavy (non-hydrogen) atoms. The van der Waals surface area contributed by atoms with Crippen molar-refractivity contribution in [2.45, 2.75) is 45.1 Å². The Morgan fingerprint density at radius 3 is 2.32 bits per heavy atom. The first-order chi connectivity index (χ1) is 16.4. The highest BCUT2D eigenvalue weighted by atomic mass is 32.2. The Morgan fingerprint density at radius 1 is 0.912 bits per heavy atom. The van der Waals surface area contributed by atoms with E-state index in [1.54, 1.807) is 30.3 Å². The zero-order chi connectivity index (χ0) is 24.0. The highest BCUT2D eigenvalue weighted by Crippen LogP contribution is 2.27. The summed E-state index contributed by atoms with van der Waals surface area (Å²) in [6.07, 6.45) is 6.52. The van der Waals surface area contributed by atoms with Crippen molar-refractivity contribution in [1.82, 2.24) is 5.32 Å². The van der Waals surface area contributed by atoms with Gasteiger partial charge in [-0.25, -0.2) is 8.42 Å². The third-order valence-electron chi connectivity index (χ3n) is 6.34. The van der Waals surface area contributed by atoms with E-state index in [2.05, 4.69) is 20.3 Å². The monoisotopic (exact) mass is 484 g/mol. The van der Waals surface area contributed by atoms with Gasteiger partial charge in [0.2, 0.25) is 21.8 Å². The minimum Gasteiger partial charge on any atom is -0.372 e. The molecule has 1 aliphatic carbocycles. The predicted molar refractivity (Wildman–Crippen MR) is 134 cm³/mol. The molecule has 0 spiro atoms. The average molecular weight is 485 g/mol. The van der Waals surface area contributed by atoms with Crippen LogP contribution in [0.3, 0.4) is 0 Å². The first kappa shape index (κ1) is 24.1. The van der Waals surface area contributed by atoms with Gasteiger partial charge in [0.15, 0.2) is 0 Å². The van der Waals surface area contributed by atoms with Crippen molar-refractivity contribution in [1.29, 1.82) is 0 Å². The number of nitrogens with one attached hydrogen (secondary N) is 3. The fourth-order valence-electron chi connectivity index (χ4n) is 4.21. The van der Waals surface area contributed by atoms with Crippen LogP contribution in [0.5, 0.6) is 0 Å². The second-order valence-electron chi connectivity index (χ2n) is 9.05. The van der Waals surface area contributed by atoms with Crippen molar-refractivity contribution >= 4 is 38.9 Å². The largest absolute Gasteiger partial charge is 0.372 e. The number of sulfonamides is 1. The second-order valence-corrected chi connectivity index (χ2v) is 10.8. The average Bonchev–Trinajstić information content (AvgIpc) is 2.77. The molecule has 4 rings (SSSR count). The quantitative estimate of drug-likeness (QED) is 0.505. The number of carbonyl (C=O) groups is 2. The second kappa shape index (κ2) is 10.9. The molecule has 0 aromatic heterocycles. The van der Waals surface area contributed by atoms with E-state index >= 15 is 0 Å². The lowest BCUT2D eigenvalue weighted by atomic mass is 9.85. The molecule has 1 aliphatic heterocycles. The van der Waals surface area contributed by atoms with Crippen molar-refractivity contribution in [3.05, 3.63) is 54.1 Å². The molecular formula is C25H32N4O4S. The lowest BCUT2D eigenvalue weighted by Crippen LogP contribution is -2.32. The summed E-state index contributed by atoms with van der Waals surface area (Å²) >= 11 is 0. The summed E-state index contributed by atoms with van der Waals surface area (Å²) in [4.78, 5) is 26.7. The van der Waals surface area contributed by atoms with E-state index in [1.165, 1.54) is 19.3 Å². The number of rotatable bonds is 9. The lowest BCUT2D eigenvalue weighted by molar-refractivity contribution is -0.122. The normalized spacial score (nSPS) is 16.4. The number of nitrogens with zero attached hydrogens (tertiary/aromatic N) is 1. The van der Waals surface area contributed by atoms with Crippen LogP contribution in [0.25, 0.3) is 0 Å². The molecule has 1 heterocycles. The SMILES string of the molecule is O=C(CS(=O)(=O)Nc1ccc(N2CCCCC2)cc1)NCc1cccc(NC(=O)C2CCC2)c1. The molecule has 9 heteroatoms. The van der Waals surface area contributed by atoms with E-state index in [0.717, 1.165) is 43.6 Å². The van der Waals surface area contributed by atoms with Gasteiger partial charge in [-0.3, -0.25) is 14.3 Å². The fourth-order valence-corrected chi connectivity index (χ4v) is 5.22. The number of carbonyl (C=O) groups excluding carboxylic acids is 2. The van der Waals surface area contributed by atoms with Crippen LogP contribution in [0.1, 0.15) is 44.1 Å². The van der Waals surface area contributed by atoms with E-state index in [9.17, 15) is 18.0 Å². The van der Waals surface area contributed by atoms with Crippen LogP contribution in [0.2, 0.25) is 0 Å². The van der Waals surface area contributed by atoms with Crippen molar-refractivity contribution in [2.24, 2.45) is 5.92 Å². The minimum absolute atomic E-state index is 0.0218. The van der Waals surface area contributed by atoms with E-state index in [-0.39, 0.29) is 18.4 Å². The highest BCUT2D eigenvalue weighted by molar-refractivity contribution is 7.93. The summed E-state index contributed by atoms with van der Waals surface area (Å²) < 4.78 is 27.4. The maximum Gasteiger partial charge on any atom is 0.241 e. The topological polar surface area (TPSA) is 108 Å². The fraction of sp³-hybridized carbons (Fsp3) is 0.440. The Bertz CT molecular complexity index is 1110. The summed E-state index contributed by atoms with van der Waals surface area (Å²) in [6, 6.07) is 14.4. The first-order valence-corrected chi connectivity index (χ1v) is 13.6. The van der Waals surface area contributed by atoms with Crippen LogP contribution >= 0.6 is 0 Å². The van der Waals surface area contributed by atoms with E-state index in [4.69, 9.17) is 0 Å². The lowest BCUT2D eigenvalue weighted by Gasteiger charge is -2.28. The molecule has 3 N–H and O–H groups in total. The van der Waals surface area contributed by atoms with Gasteiger partial charge in [-0.05, 0) is 74.1 Å². The van der Waals surface area contributed by atoms with Crippen LogP contribution in [0, 0.1) is 5.92 Å². The predicted octanol–water partition coefficient (Wildman–Crippen LogP) is 3.47. The molecule has 2 amide bonds. The minimum atomic E-state index is -3.84. The highest BCUT2D eigenvalue weighted by Gasteiger charge is 2.25. The van der Waals surface area contributed by atoms with E-state index in [1.807, 2.05) is 18.2 Å². The third-order valence-corrected chi connectivity index (χ3v) is 7.53. The van der Waals surface area contributed by atoms with Gasteiger partial charge in [0.25, 0.3) is 0 Å². The van der Waals surface area contributed by atoms with Gasteiger partial charge in [-0.15, -0.1) is 0 Å². The number of hydrogen-bond acceptors (Lipinski definition) is 5. The molecule has 0 bridgehead atoms. The summed E-state index contributed by atoms with van der Waals surface area (Å²) in [7, 11) is -3.84. The van der Waals surface area contributed by atoms with Gasteiger partial charge in [0.05, 0.1) is 0 Å². The van der Waals surface area contributed by atoms with Gasteiger partial charge < -0.3 is 15.5 Å². The smallest absolute Gasteiger partial charge is 0.241 e. The zero-order valence-electron chi connectivity index (χ0n) is 19.3. The summed E-state index contributed by atoms with van der Waals surface area (Å²) in [6.45, 7) is 2.20. The molecule has 1 saturated carbocycles. The number of hydrogen-bond donors (Lipinski definition) is 3. The molecule has 1 saturated heterocycles. The molecule has 8 nitrogen and oxygen atoms in total. The van der Waals surface area contributed by atoms with Gasteiger partial charge in [0.1, 0.15) is 5.75 Å². The van der Waals surface area contributed by atoms with Crippen molar-refractivity contribution in [3.63, 3.8) is 0 Å². The van der Waals surface area contributed by atoms with E-state index in [0.29, 0.717) is 11.4 Å². The van der Waals surface area contributed by atoms with Crippen LogP contribution in [-0.2, 0) is 26.2 Å². The standard InChI is InChI=1S/C25H32N4O4S/c30-24(26-17-19-6-4-9-22(16-19)27-25(31)20-7-5-8-20)18-34(32,33)28-21-10-12-23(13-11-21)29-14-2-1-3-15-29/h4,6,9-13,16,20,28H,1-3,5,7-8,14-15,17-18H2,(H,26,30)(H,27,31). The summed E-state index contributed by atoms with van der Waals surface area (Å²) in [5.41, 5.74) is 2.96. The van der Waals surface area contributed by atoms with Crippen LogP contribution < -0.4 is 20.3 Å². The van der Waals surface area contributed by atoms with Gasteiger partial charge >= 0.3 is 0 Å². The zero-order valence-corrected chi connectivity index (χ0v) is 20.1. The molecule has 0 atom stereocenters. The van der Waals surface area contributed by atoms with Gasteiger partial charge in [-0.1, -0.05) is 18.6 Å². The van der Waals surface area contributed by atoms with Gasteiger partial charge in [-0.2, -0.15) is 0 Å². The number of piperidine rings is 1. The molecule has 2 aromatic carbocycles. The summed E-state index contributed by atoms with van der Waals surface area (Å²) in [5.74, 6) is -1.16. The van der Waals surface area contributed by atoms with Crippen molar-refractivity contribution < 1.29 is 18.0 Å². The van der Waals surface area contributed by atoms with Crippen molar-refractivity contribution in [3.8, 4) is 0 Å². The van der Waals surface area contributed by atoms with E-state index < -0.39 is 21.7 Å². The third kappa shape index (κ3) is 6.72. The van der Waals surface area contributed by atoms with Crippen molar-refractivity contribution in [2.75, 3.05) is 33.8 Å².